The maximum absolute atomic E-state index is 12.5. The Morgan fingerprint density at radius 3 is 2.29 bits per heavy atom. The van der Waals surface area contributed by atoms with E-state index in [1.54, 1.807) is 0 Å². The average Bonchev–Trinajstić information content (AvgIpc) is 3.11. The number of aryl methyl sites for hydroxylation is 1. The van der Waals surface area contributed by atoms with Gasteiger partial charge in [0, 0.05) is 11.6 Å². The van der Waals surface area contributed by atoms with Gasteiger partial charge in [-0.1, -0.05) is 54.6 Å². The summed E-state index contributed by atoms with van der Waals surface area (Å²) >= 11 is 0. The molecule has 0 unspecified atom stereocenters. The fourth-order valence-electron chi connectivity index (χ4n) is 4.80. The Morgan fingerprint density at radius 2 is 1.61 bits per heavy atom. The van der Waals surface area contributed by atoms with Crippen LogP contribution in [0.1, 0.15) is 34.6 Å². The molecule has 0 saturated heterocycles. The molecule has 0 spiro atoms. The number of nitrogens with one attached hydrogen (secondary N) is 1. The van der Waals surface area contributed by atoms with Crippen molar-refractivity contribution in [1.82, 2.24) is 0 Å². The Morgan fingerprint density at radius 1 is 0.935 bits per heavy atom. The maximum Gasteiger partial charge on any atom is 0.411 e. The van der Waals surface area contributed by atoms with Crippen LogP contribution in [0.15, 0.2) is 66.7 Å². The SMILES string of the molecule is O=C(Nc1ccc2c(c1)C[C@@H](C(=O)O)CC2)OCC1c2ccccc2-c2ccccc21. The molecule has 0 aromatic heterocycles. The van der Waals surface area contributed by atoms with Gasteiger partial charge in [-0.25, -0.2) is 4.79 Å². The highest BCUT2D eigenvalue weighted by atomic mass is 16.5. The van der Waals surface area contributed by atoms with E-state index in [2.05, 4.69) is 29.6 Å². The first-order chi connectivity index (χ1) is 15.1. The molecule has 0 heterocycles. The van der Waals surface area contributed by atoms with Gasteiger partial charge in [0.05, 0.1) is 5.92 Å². The molecule has 5 nitrogen and oxygen atoms in total. The number of rotatable bonds is 4. The zero-order valence-electron chi connectivity index (χ0n) is 17.0. The highest BCUT2D eigenvalue weighted by molar-refractivity contribution is 5.85. The number of aliphatic carboxylic acids is 1. The van der Waals surface area contributed by atoms with Gasteiger partial charge in [0.15, 0.2) is 0 Å². The molecule has 2 N–H and O–H groups in total. The van der Waals surface area contributed by atoms with E-state index in [0.29, 0.717) is 18.5 Å². The summed E-state index contributed by atoms with van der Waals surface area (Å²) in [6, 6.07) is 22.1. The molecule has 3 aromatic carbocycles. The minimum atomic E-state index is -0.763. The number of hydrogen-bond donors (Lipinski definition) is 2. The largest absolute Gasteiger partial charge is 0.481 e. The predicted molar refractivity (Wildman–Crippen MR) is 118 cm³/mol. The van der Waals surface area contributed by atoms with Gasteiger partial charge >= 0.3 is 12.1 Å². The molecule has 0 saturated carbocycles. The number of carbonyl (C=O) groups excluding carboxylic acids is 1. The molecule has 1 amide bonds. The highest BCUT2D eigenvalue weighted by Gasteiger charge is 2.29. The van der Waals surface area contributed by atoms with E-state index in [0.717, 1.165) is 17.5 Å². The summed E-state index contributed by atoms with van der Waals surface area (Å²) in [6.45, 7) is 0.256. The number of hydrogen-bond acceptors (Lipinski definition) is 3. The van der Waals surface area contributed by atoms with Crippen molar-refractivity contribution in [2.24, 2.45) is 5.92 Å². The summed E-state index contributed by atoms with van der Waals surface area (Å²) < 4.78 is 5.60. The number of amides is 1. The van der Waals surface area contributed by atoms with Crippen LogP contribution in [0.3, 0.4) is 0 Å². The van der Waals surface area contributed by atoms with E-state index < -0.39 is 12.1 Å². The zero-order chi connectivity index (χ0) is 21.4. The summed E-state index contributed by atoms with van der Waals surface area (Å²) in [5.74, 6) is -1.12. The number of carboxylic acids is 1. The Hall–Kier alpha value is -3.60. The van der Waals surface area contributed by atoms with Crippen molar-refractivity contribution in [1.29, 1.82) is 0 Å². The first-order valence-electron chi connectivity index (χ1n) is 10.6. The Labute approximate surface area is 180 Å². The fraction of sp³-hybridized carbons (Fsp3) is 0.231. The van der Waals surface area contributed by atoms with Crippen LogP contribution in [-0.4, -0.2) is 23.8 Å². The smallest absolute Gasteiger partial charge is 0.411 e. The van der Waals surface area contributed by atoms with Crippen molar-refractivity contribution >= 4 is 17.7 Å². The molecule has 31 heavy (non-hydrogen) atoms. The molecule has 2 aliphatic carbocycles. The fourth-order valence-corrected chi connectivity index (χ4v) is 4.80. The average molecular weight is 413 g/mol. The molecule has 5 heteroatoms. The van der Waals surface area contributed by atoms with Crippen molar-refractivity contribution in [2.45, 2.75) is 25.2 Å². The molecular weight excluding hydrogens is 390 g/mol. The molecule has 0 radical (unpaired) electrons. The number of carboxylic acid groups (broad SMARTS) is 1. The van der Waals surface area contributed by atoms with Gasteiger partial charge in [0.2, 0.25) is 0 Å². The van der Waals surface area contributed by atoms with Crippen LogP contribution >= 0.6 is 0 Å². The van der Waals surface area contributed by atoms with Crippen LogP contribution in [0.4, 0.5) is 10.5 Å². The van der Waals surface area contributed by atoms with Crippen LogP contribution in [0, 0.1) is 5.92 Å². The molecule has 1 atom stereocenters. The third-order valence-corrected chi connectivity index (χ3v) is 6.37. The van der Waals surface area contributed by atoms with Crippen LogP contribution in [0.2, 0.25) is 0 Å². The van der Waals surface area contributed by atoms with Gasteiger partial charge in [-0.3, -0.25) is 10.1 Å². The summed E-state index contributed by atoms with van der Waals surface area (Å²) in [5, 5.41) is 12.1. The molecule has 0 aliphatic heterocycles. The third kappa shape index (κ3) is 3.67. The first kappa shape index (κ1) is 19.4. The quantitative estimate of drug-likeness (QED) is 0.614. The minimum absolute atomic E-state index is 0.0120. The predicted octanol–water partition coefficient (Wildman–Crippen LogP) is 5.24. The van der Waals surface area contributed by atoms with E-state index in [4.69, 9.17) is 4.74 Å². The van der Waals surface area contributed by atoms with Crippen LogP contribution in [0.5, 0.6) is 0 Å². The standard InChI is InChI=1S/C26H23NO4/c28-25(29)17-10-9-16-11-12-19(14-18(16)13-17)27-26(30)31-15-24-22-7-3-1-5-20(22)21-6-2-4-8-23(21)24/h1-8,11-12,14,17,24H,9-10,13,15H2,(H,27,30)(H,28,29)/t17-/m0/s1. The van der Waals surface area contributed by atoms with Gasteiger partial charge < -0.3 is 9.84 Å². The van der Waals surface area contributed by atoms with Gasteiger partial charge in [-0.2, -0.15) is 0 Å². The lowest BCUT2D eigenvalue weighted by Gasteiger charge is -2.22. The molecule has 0 bridgehead atoms. The topological polar surface area (TPSA) is 75.6 Å². The Kier molecular flexibility index (Phi) is 4.94. The normalized spacial score (nSPS) is 16.7. The summed E-state index contributed by atoms with van der Waals surface area (Å²) in [4.78, 5) is 23.8. The van der Waals surface area contributed by atoms with Crippen molar-refractivity contribution in [3.05, 3.63) is 89.0 Å². The number of carbonyl (C=O) groups is 2. The van der Waals surface area contributed by atoms with Gasteiger partial charge in [0.25, 0.3) is 0 Å². The van der Waals surface area contributed by atoms with Gasteiger partial charge in [0.1, 0.15) is 6.61 Å². The molecule has 5 rings (SSSR count). The van der Waals surface area contributed by atoms with Gasteiger partial charge in [-0.15, -0.1) is 0 Å². The second-order valence-corrected chi connectivity index (χ2v) is 8.21. The van der Waals surface area contributed by atoms with Crippen molar-refractivity contribution in [3.8, 4) is 11.1 Å². The monoisotopic (exact) mass is 413 g/mol. The minimum Gasteiger partial charge on any atom is -0.481 e. The van der Waals surface area contributed by atoms with Crippen molar-refractivity contribution in [2.75, 3.05) is 11.9 Å². The lowest BCUT2D eigenvalue weighted by Crippen LogP contribution is -2.22. The zero-order valence-corrected chi connectivity index (χ0v) is 17.0. The molecule has 0 fully saturated rings. The number of anilines is 1. The number of benzene rings is 3. The second kappa shape index (κ2) is 7.91. The lowest BCUT2D eigenvalue weighted by atomic mass is 9.84. The van der Waals surface area contributed by atoms with Crippen molar-refractivity contribution < 1.29 is 19.4 Å². The molecule has 156 valence electrons. The summed E-state index contributed by atoms with van der Waals surface area (Å²) in [7, 11) is 0. The maximum atomic E-state index is 12.5. The summed E-state index contributed by atoms with van der Waals surface area (Å²) in [6.07, 6.45) is 1.39. The van der Waals surface area contributed by atoms with E-state index >= 15 is 0 Å². The molecule has 2 aliphatic rings. The lowest BCUT2D eigenvalue weighted by molar-refractivity contribution is -0.142. The van der Waals surface area contributed by atoms with E-state index in [9.17, 15) is 14.7 Å². The van der Waals surface area contributed by atoms with Crippen molar-refractivity contribution in [3.63, 3.8) is 0 Å². The van der Waals surface area contributed by atoms with Crippen LogP contribution < -0.4 is 5.32 Å². The Bertz CT molecular complexity index is 1120. The van der Waals surface area contributed by atoms with Gasteiger partial charge in [-0.05, 0) is 64.8 Å². The van der Waals surface area contributed by atoms with Crippen LogP contribution in [-0.2, 0) is 22.4 Å². The Balaban J connectivity index is 1.27. The highest BCUT2D eigenvalue weighted by Crippen LogP contribution is 2.44. The van der Waals surface area contributed by atoms with E-state index in [1.807, 2.05) is 42.5 Å². The first-order valence-corrected chi connectivity index (χ1v) is 10.6. The molecule has 3 aromatic rings. The third-order valence-electron chi connectivity index (χ3n) is 6.37. The number of ether oxygens (including phenoxy) is 1. The number of fused-ring (bicyclic) bond motifs is 4. The second-order valence-electron chi connectivity index (χ2n) is 8.21. The summed E-state index contributed by atoms with van der Waals surface area (Å²) in [5.41, 5.74) is 7.48. The van der Waals surface area contributed by atoms with Crippen LogP contribution in [0.25, 0.3) is 11.1 Å². The molecular formula is C26H23NO4. The van der Waals surface area contributed by atoms with E-state index in [1.165, 1.54) is 22.3 Å². The van der Waals surface area contributed by atoms with E-state index in [-0.39, 0.29) is 18.4 Å².